The van der Waals surface area contributed by atoms with E-state index in [2.05, 4.69) is 0 Å². The maximum Gasteiger partial charge on any atom is 0.303 e. The number of rotatable bonds is 5. The zero-order valence-corrected chi connectivity index (χ0v) is 8.64. The Labute approximate surface area is 78.9 Å². The molecule has 0 aliphatic heterocycles. The molecular weight excluding hydrogens is 176 g/mol. The molecule has 0 saturated heterocycles. The summed E-state index contributed by atoms with van der Waals surface area (Å²) in [6.07, 6.45) is 1.00. The third-order valence-corrected chi connectivity index (χ3v) is 2.56. The Kier molecular flexibility index (Phi) is 5.31. The number of carboxylic acid groups (broad SMARTS) is 1. The highest BCUT2D eigenvalue weighted by atomic mass is 35.5. The molecule has 0 aromatic rings. The molecule has 2 unspecified atom stereocenters. The fraction of sp³-hybridized carbons (Fsp3) is 0.889. The summed E-state index contributed by atoms with van der Waals surface area (Å²) in [5.74, 6) is -0.148. The van der Waals surface area contributed by atoms with Crippen molar-refractivity contribution in [1.29, 1.82) is 0 Å². The van der Waals surface area contributed by atoms with Crippen LogP contribution >= 0.6 is 11.6 Å². The Morgan fingerprint density at radius 1 is 1.42 bits per heavy atom. The van der Waals surface area contributed by atoms with Crippen LogP contribution in [0.1, 0.15) is 33.6 Å². The zero-order chi connectivity index (χ0) is 9.72. The van der Waals surface area contributed by atoms with Crippen LogP contribution in [0.3, 0.4) is 0 Å². The molecule has 0 aromatic carbocycles. The van der Waals surface area contributed by atoms with Crippen LogP contribution in [0.2, 0.25) is 0 Å². The number of hydrogen-bond acceptors (Lipinski definition) is 1. The first-order chi connectivity index (χ1) is 5.43. The van der Waals surface area contributed by atoms with Crippen molar-refractivity contribution >= 4 is 17.6 Å². The first-order valence-corrected chi connectivity index (χ1v) is 4.73. The van der Waals surface area contributed by atoms with E-state index >= 15 is 0 Å². The Hall–Kier alpha value is -0.240. The van der Waals surface area contributed by atoms with E-state index in [0.717, 1.165) is 6.42 Å². The summed E-state index contributed by atoms with van der Waals surface area (Å²) in [6.45, 7) is 6.02. The second-order valence-electron chi connectivity index (χ2n) is 3.70. The van der Waals surface area contributed by atoms with Gasteiger partial charge in [0.2, 0.25) is 0 Å². The molecule has 72 valence electrons. The first kappa shape index (κ1) is 11.8. The van der Waals surface area contributed by atoms with Gasteiger partial charge in [0, 0.05) is 11.8 Å². The smallest absolute Gasteiger partial charge is 0.303 e. The molecule has 0 aromatic heterocycles. The maximum atomic E-state index is 10.3. The maximum absolute atomic E-state index is 10.3. The molecule has 1 N–H and O–H groups in total. The van der Waals surface area contributed by atoms with Gasteiger partial charge in [-0.1, -0.05) is 20.8 Å². The van der Waals surface area contributed by atoms with Gasteiger partial charge in [-0.15, -0.1) is 11.6 Å². The number of hydrogen-bond donors (Lipinski definition) is 1. The second-order valence-corrected chi connectivity index (χ2v) is 4.26. The Bertz CT molecular complexity index is 145. The van der Waals surface area contributed by atoms with Crippen molar-refractivity contribution < 1.29 is 9.90 Å². The molecule has 0 spiro atoms. The van der Waals surface area contributed by atoms with Crippen LogP contribution < -0.4 is 0 Å². The number of carbonyl (C=O) groups is 1. The van der Waals surface area contributed by atoms with Crippen LogP contribution in [0.5, 0.6) is 0 Å². The summed E-state index contributed by atoms with van der Waals surface area (Å²) in [5, 5.41) is 8.59. The fourth-order valence-corrected chi connectivity index (χ4v) is 1.34. The average Bonchev–Trinajstić information content (AvgIpc) is 1.84. The Balaban J connectivity index is 3.68. The number of aliphatic carboxylic acids is 1. The highest BCUT2D eigenvalue weighted by Gasteiger charge is 2.15. The second kappa shape index (κ2) is 5.41. The monoisotopic (exact) mass is 192 g/mol. The molecular formula is C9H17ClO2. The average molecular weight is 193 g/mol. The van der Waals surface area contributed by atoms with E-state index in [0.29, 0.717) is 5.92 Å². The lowest BCUT2D eigenvalue weighted by molar-refractivity contribution is -0.138. The molecule has 0 bridgehead atoms. The van der Waals surface area contributed by atoms with Gasteiger partial charge < -0.3 is 5.11 Å². The van der Waals surface area contributed by atoms with E-state index in [1.54, 1.807) is 0 Å². The summed E-state index contributed by atoms with van der Waals surface area (Å²) in [4.78, 5) is 10.3. The van der Waals surface area contributed by atoms with Crippen molar-refractivity contribution in [2.75, 3.05) is 0 Å². The molecule has 2 nitrogen and oxygen atoms in total. The van der Waals surface area contributed by atoms with Gasteiger partial charge in [0.15, 0.2) is 0 Å². The number of alkyl halides is 1. The topological polar surface area (TPSA) is 37.3 Å². The van der Waals surface area contributed by atoms with E-state index in [1.807, 2.05) is 20.8 Å². The van der Waals surface area contributed by atoms with Gasteiger partial charge in [-0.3, -0.25) is 4.79 Å². The molecule has 0 aliphatic rings. The van der Waals surface area contributed by atoms with Gasteiger partial charge in [-0.05, 0) is 18.3 Å². The van der Waals surface area contributed by atoms with Crippen LogP contribution in [0.4, 0.5) is 0 Å². The van der Waals surface area contributed by atoms with Gasteiger partial charge >= 0.3 is 5.97 Å². The first-order valence-electron chi connectivity index (χ1n) is 4.29. The van der Waals surface area contributed by atoms with Gasteiger partial charge in [-0.25, -0.2) is 0 Å². The minimum Gasteiger partial charge on any atom is -0.481 e. The van der Waals surface area contributed by atoms with Crippen molar-refractivity contribution in [3.8, 4) is 0 Å². The predicted octanol–water partition coefficient (Wildman–Crippen LogP) is 2.75. The molecule has 0 heterocycles. The fourth-order valence-electron chi connectivity index (χ4n) is 1.04. The van der Waals surface area contributed by atoms with Gasteiger partial charge in [0.05, 0.1) is 0 Å². The van der Waals surface area contributed by atoms with E-state index < -0.39 is 5.97 Å². The van der Waals surface area contributed by atoms with Crippen molar-refractivity contribution in [2.24, 2.45) is 11.8 Å². The SMILES string of the molecule is CC(CC(=O)O)CC(Cl)C(C)C. The molecule has 0 aliphatic carbocycles. The van der Waals surface area contributed by atoms with Gasteiger partial charge in [0.25, 0.3) is 0 Å². The third kappa shape index (κ3) is 5.42. The summed E-state index contributed by atoms with van der Waals surface area (Å²) in [7, 11) is 0. The van der Waals surface area contributed by atoms with Crippen molar-refractivity contribution in [3.63, 3.8) is 0 Å². The molecule has 0 amide bonds. The minimum atomic E-state index is -0.741. The molecule has 0 radical (unpaired) electrons. The van der Waals surface area contributed by atoms with Gasteiger partial charge in [-0.2, -0.15) is 0 Å². The molecule has 0 fully saturated rings. The quantitative estimate of drug-likeness (QED) is 0.681. The van der Waals surface area contributed by atoms with E-state index in [9.17, 15) is 4.79 Å². The molecule has 0 rings (SSSR count). The van der Waals surface area contributed by atoms with Crippen molar-refractivity contribution in [3.05, 3.63) is 0 Å². The van der Waals surface area contributed by atoms with Crippen LogP contribution in [-0.4, -0.2) is 16.5 Å². The number of halogens is 1. The Morgan fingerprint density at radius 3 is 2.25 bits per heavy atom. The molecule has 0 saturated carbocycles. The lowest BCUT2D eigenvalue weighted by Crippen LogP contribution is -2.14. The normalized spacial score (nSPS) is 16.1. The van der Waals surface area contributed by atoms with E-state index in [4.69, 9.17) is 16.7 Å². The van der Waals surface area contributed by atoms with E-state index in [-0.39, 0.29) is 17.7 Å². The lowest BCUT2D eigenvalue weighted by Gasteiger charge is -2.16. The summed E-state index contributed by atoms with van der Waals surface area (Å²) in [6, 6.07) is 0. The molecule has 2 atom stereocenters. The standard InChI is InChI=1S/C9H17ClO2/c1-6(2)8(10)4-7(3)5-9(11)12/h6-8H,4-5H2,1-3H3,(H,11,12). The highest BCUT2D eigenvalue weighted by Crippen LogP contribution is 2.20. The van der Waals surface area contributed by atoms with Crippen LogP contribution in [0.15, 0.2) is 0 Å². The van der Waals surface area contributed by atoms with Crippen molar-refractivity contribution in [2.45, 2.75) is 39.0 Å². The third-order valence-electron chi connectivity index (χ3n) is 1.87. The molecule has 12 heavy (non-hydrogen) atoms. The van der Waals surface area contributed by atoms with Crippen LogP contribution in [0, 0.1) is 11.8 Å². The van der Waals surface area contributed by atoms with Gasteiger partial charge in [0.1, 0.15) is 0 Å². The van der Waals surface area contributed by atoms with Crippen molar-refractivity contribution in [1.82, 2.24) is 0 Å². The highest BCUT2D eigenvalue weighted by molar-refractivity contribution is 6.20. The lowest BCUT2D eigenvalue weighted by atomic mass is 9.96. The summed E-state index contributed by atoms with van der Waals surface area (Å²) in [5.41, 5.74) is 0. The van der Waals surface area contributed by atoms with E-state index in [1.165, 1.54) is 0 Å². The largest absolute Gasteiger partial charge is 0.481 e. The Morgan fingerprint density at radius 2 is 1.92 bits per heavy atom. The molecule has 3 heteroatoms. The number of carboxylic acids is 1. The minimum absolute atomic E-state index is 0.0966. The predicted molar refractivity (Wildman–Crippen MR) is 50.5 cm³/mol. The zero-order valence-electron chi connectivity index (χ0n) is 7.88. The summed E-state index contributed by atoms with van der Waals surface area (Å²) >= 11 is 6.00. The summed E-state index contributed by atoms with van der Waals surface area (Å²) < 4.78 is 0. The van der Waals surface area contributed by atoms with Crippen LogP contribution in [0.25, 0.3) is 0 Å². The van der Waals surface area contributed by atoms with Crippen LogP contribution in [-0.2, 0) is 4.79 Å².